The monoisotopic (exact) mass is 413 g/mol. The average Bonchev–Trinajstić information content (AvgIpc) is 3.10. The molecule has 1 amide bonds. The number of fused-ring (bicyclic) bond motifs is 1. The quantitative estimate of drug-likeness (QED) is 0.820. The van der Waals surface area contributed by atoms with Crippen LogP contribution >= 0.6 is 15.9 Å². The molecule has 1 aliphatic heterocycles. The van der Waals surface area contributed by atoms with Gasteiger partial charge in [0.2, 0.25) is 0 Å². The van der Waals surface area contributed by atoms with Gasteiger partial charge in [-0.15, -0.1) is 0 Å². The number of carbonyl (C=O) groups excluding carboxylic acids is 1. The van der Waals surface area contributed by atoms with Gasteiger partial charge in [-0.2, -0.15) is 0 Å². The van der Waals surface area contributed by atoms with Crippen molar-refractivity contribution in [3.63, 3.8) is 0 Å². The van der Waals surface area contributed by atoms with Crippen molar-refractivity contribution in [3.05, 3.63) is 58.2 Å². The second kappa shape index (κ2) is 6.69. The van der Waals surface area contributed by atoms with Gasteiger partial charge in [0.1, 0.15) is 5.82 Å². The zero-order valence-electron chi connectivity index (χ0n) is 15.2. The van der Waals surface area contributed by atoms with Crippen molar-refractivity contribution in [1.82, 2.24) is 10.3 Å². The number of pyridine rings is 1. The maximum atomic E-state index is 12.7. The number of amides is 1. The van der Waals surface area contributed by atoms with Crippen LogP contribution in [0.4, 0.5) is 5.82 Å². The normalized spacial score (nSPS) is 27.4. The molecule has 0 radical (unpaired) electrons. The molecule has 5 heteroatoms. The third-order valence-electron chi connectivity index (χ3n) is 5.84. The fourth-order valence-electron chi connectivity index (χ4n) is 4.66. The Morgan fingerprint density at radius 3 is 2.50 bits per heavy atom. The zero-order chi connectivity index (χ0) is 18.3. The van der Waals surface area contributed by atoms with Crippen LogP contribution in [0.25, 0.3) is 0 Å². The Bertz CT molecular complexity index is 806. The van der Waals surface area contributed by atoms with Gasteiger partial charge in [0.05, 0.1) is 0 Å². The Morgan fingerprint density at radius 2 is 1.88 bits per heavy atom. The summed E-state index contributed by atoms with van der Waals surface area (Å²) < 4.78 is 1.01. The average molecular weight is 414 g/mol. The van der Waals surface area contributed by atoms with E-state index in [4.69, 9.17) is 0 Å². The van der Waals surface area contributed by atoms with Crippen LogP contribution in [0.5, 0.6) is 0 Å². The fourth-order valence-corrected chi connectivity index (χ4v) is 4.89. The number of carbonyl (C=O) groups is 1. The molecule has 2 unspecified atom stereocenters. The lowest BCUT2D eigenvalue weighted by molar-refractivity contribution is 0.0904. The molecule has 2 aromatic rings. The minimum atomic E-state index is -0.117. The number of benzene rings is 1. The molecule has 4 rings (SSSR count). The lowest BCUT2D eigenvalue weighted by Gasteiger charge is -2.29. The Morgan fingerprint density at radius 1 is 1.19 bits per heavy atom. The van der Waals surface area contributed by atoms with Gasteiger partial charge in [-0.3, -0.25) is 4.79 Å². The SMILES string of the molecule is Cc1ccccc1C(=O)NC1(C)CC2CN(c3ccc(Br)cn3)CC2C1. The third kappa shape index (κ3) is 3.37. The summed E-state index contributed by atoms with van der Waals surface area (Å²) >= 11 is 3.44. The summed E-state index contributed by atoms with van der Waals surface area (Å²) in [6.07, 6.45) is 3.92. The van der Waals surface area contributed by atoms with E-state index < -0.39 is 0 Å². The highest BCUT2D eigenvalue weighted by atomic mass is 79.9. The highest BCUT2D eigenvalue weighted by Gasteiger charge is 2.47. The zero-order valence-corrected chi connectivity index (χ0v) is 16.8. The summed E-state index contributed by atoms with van der Waals surface area (Å²) in [6.45, 7) is 6.23. The molecule has 1 saturated carbocycles. The molecule has 2 fully saturated rings. The number of nitrogens with zero attached hydrogens (tertiary/aromatic N) is 2. The van der Waals surface area contributed by atoms with E-state index in [1.54, 1.807) is 0 Å². The van der Waals surface area contributed by atoms with E-state index in [0.717, 1.165) is 47.3 Å². The van der Waals surface area contributed by atoms with Crippen LogP contribution in [0.1, 0.15) is 35.7 Å². The van der Waals surface area contributed by atoms with E-state index >= 15 is 0 Å². The van der Waals surface area contributed by atoms with Gasteiger partial charge in [-0.05, 0) is 78.2 Å². The van der Waals surface area contributed by atoms with Crippen LogP contribution in [0.2, 0.25) is 0 Å². The van der Waals surface area contributed by atoms with E-state index in [2.05, 4.69) is 44.1 Å². The summed E-state index contributed by atoms with van der Waals surface area (Å²) in [5.41, 5.74) is 1.69. The van der Waals surface area contributed by atoms with Gasteiger partial charge in [0, 0.05) is 34.9 Å². The molecule has 4 nitrogen and oxygen atoms in total. The van der Waals surface area contributed by atoms with E-state index in [1.807, 2.05) is 43.5 Å². The van der Waals surface area contributed by atoms with Gasteiger partial charge < -0.3 is 10.2 Å². The van der Waals surface area contributed by atoms with Crippen molar-refractivity contribution in [2.24, 2.45) is 11.8 Å². The molecule has 136 valence electrons. The molecule has 0 spiro atoms. The molecular formula is C21H24BrN3O. The minimum Gasteiger partial charge on any atom is -0.356 e. The van der Waals surface area contributed by atoms with Gasteiger partial charge in [-0.25, -0.2) is 4.98 Å². The Balaban J connectivity index is 1.41. The largest absolute Gasteiger partial charge is 0.356 e. The maximum Gasteiger partial charge on any atom is 0.251 e. The molecule has 1 aliphatic carbocycles. The number of hydrogen-bond acceptors (Lipinski definition) is 3. The van der Waals surface area contributed by atoms with Crippen molar-refractivity contribution in [2.75, 3.05) is 18.0 Å². The second-order valence-electron chi connectivity index (χ2n) is 8.00. The van der Waals surface area contributed by atoms with Crippen molar-refractivity contribution < 1.29 is 4.79 Å². The van der Waals surface area contributed by atoms with Crippen LogP contribution in [-0.2, 0) is 0 Å². The lowest BCUT2D eigenvalue weighted by Crippen LogP contribution is -2.45. The van der Waals surface area contributed by atoms with Crippen molar-refractivity contribution >= 4 is 27.7 Å². The summed E-state index contributed by atoms with van der Waals surface area (Å²) in [5.74, 6) is 2.33. The first-order valence-corrected chi connectivity index (χ1v) is 9.97. The summed E-state index contributed by atoms with van der Waals surface area (Å²) in [7, 11) is 0. The smallest absolute Gasteiger partial charge is 0.251 e. The Hall–Kier alpha value is -1.88. The van der Waals surface area contributed by atoms with Crippen LogP contribution in [0.15, 0.2) is 47.1 Å². The molecule has 1 aromatic carbocycles. The van der Waals surface area contributed by atoms with E-state index in [-0.39, 0.29) is 11.4 Å². The van der Waals surface area contributed by atoms with Gasteiger partial charge in [0.15, 0.2) is 0 Å². The first-order valence-electron chi connectivity index (χ1n) is 9.18. The van der Waals surface area contributed by atoms with Gasteiger partial charge in [0.25, 0.3) is 5.91 Å². The topological polar surface area (TPSA) is 45.2 Å². The number of nitrogens with one attached hydrogen (secondary N) is 1. The molecule has 1 aromatic heterocycles. The van der Waals surface area contributed by atoms with E-state index in [1.165, 1.54) is 0 Å². The maximum absolute atomic E-state index is 12.7. The first kappa shape index (κ1) is 17.5. The number of rotatable bonds is 3. The predicted octanol–water partition coefficient (Wildman–Crippen LogP) is 4.19. The van der Waals surface area contributed by atoms with E-state index in [0.29, 0.717) is 11.8 Å². The van der Waals surface area contributed by atoms with Crippen LogP contribution in [0, 0.1) is 18.8 Å². The highest BCUT2D eigenvalue weighted by Crippen LogP contribution is 2.44. The molecule has 26 heavy (non-hydrogen) atoms. The number of aromatic nitrogens is 1. The molecule has 2 aliphatic rings. The third-order valence-corrected chi connectivity index (χ3v) is 6.31. The number of aryl methyl sites for hydroxylation is 1. The fraction of sp³-hybridized carbons (Fsp3) is 0.429. The summed E-state index contributed by atoms with van der Waals surface area (Å²) in [5, 5.41) is 3.32. The number of halogens is 1. The molecular weight excluding hydrogens is 390 g/mol. The van der Waals surface area contributed by atoms with Crippen LogP contribution in [-0.4, -0.2) is 29.5 Å². The van der Waals surface area contributed by atoms with Crippen molar-refractivity contribution in [1.29, 1.82) is 0 Å². The highest BCUT2D eigenvalue weighted by molar-refractivity contribution is 9.10. The summed E-state index contributed by atoms with van der Waals surface area (Å²) in [6, 6.07) is 11.9. The predicted molar refractivity (Wildman–Crippen MR) is 107 cm³/mol. The molecule has 2 atom stereocenters. The molecule has 1 saturated heterocycles. The van der Waals surface area contributed by atoms with Gasteiger partial charge in [-0.1, -0.05) is 18.2 Å². The molecule has 0 bridgehead atoms. The van der Waals surface area contributed by atoms with Crippen LogP contribution < -0.4 is 10.2 Å². The molecule has 1 N–H and O–H groups in total. The Labute approximate surface area is 163 Å². The first-order chi connectivity index (χ1) is 12.4. The van der Waals surface area contributed by atoms with Crippen molar-refractivity contribution in [2.45, 2.75) is 32.2 Å². The standard InChI is InChI=1S/C21H24BrN3O/c1-14-5-3-4-6-18(14)20(26)24-21(2)9-15-12-25(13-16(15)10-21)19-8-7-17(22)11-23-19/h3-8,11,15-16H,9-10,12-13H2,1-2H3,(H,24,26). The second-order valence-corrected chi connectivity index (χ2v) is 8.91. The minimum absolute atomic E-state index is 0.0528. The number of hydrogen-bond donors (Lipinski definition) is 1. The lowest BCUT2D eigenvalue weighted by atomic mass is 9.96. The number of anilines is 1. The Kier molecular flexibility index (Phi) is 4.51. The summed E-state index contributed by atoms with van der Waals surface area (Å²) in [4.78, 5) is 19.6. The van der Waals surface area contributed by atoms with Crippen molar-refractivity contribution in [3.8, 4) is 0 Å². The van der Waals surface area contributed by atoms with E-state index in [9.17, 15) is 4.79 Å². The van der Waals surface area contributed by atoms with Crippen LogP contribution in [0.3, 0.4) is 0 Å². The van der Waals surface area contributed by atoms with Gasteiger partial charge >= 0.3 is 0 Å². The molecule has 2 heterocycles.